The van der Waals surface area contributed by atoms with Crippen molar-refractivity contribution in [1.82, 2.24) is 19.7 Å². The van der Waals surface area contributed by atoms with Gasteiger partial charge >= 0.3 is 6.18 Å². The highest BCUT2D eigenvalue weighted by molar-refractivity contribution is 5.66. The zero-order valence-electron chi connectivity index (χ0n) is 14.0. The molecule has 3 aromatic rings. The van der Waals surface area contributed by atoms with Gasteiger partial charge in [-0.05, 0) is 18.2 Å². The summed E-state index contributed by atoms with van der Waals surface area (Å²) >= 11 is 0. The molecule has 2 aromatic heterocycles. The Kier molecular flexibility index (Phi) is 4.79. The highest BCUT2D eigenvalue weighted by Crippen LogP contribution is 2.35. The molecule has 2 heterocycles. The van der Waals surface area contributed by atoms with Crippen molar-refractivity contribution in [3.05, 3.63) is 53.5 Å². The molecule has 7 nitrogen and oxygen atoms in total. The first-order chi connectivity index (χ1) is 12.8. The molecule has 3 rings (SSSR count). The van der Waals surface area contributed by atoms with Crippen molar-refractivity contribution in [3.63, 3.8) is 0 Å². The summed E-state index contributed by atoms with van der Waals surface area (Å²) in [6, 6.07) is 7.23. The van der Waals surface area contributed by atoms with Crippen LogP contribution in [-0.4, -0.2) is 19.7 Å². The van der Waals surface area contributed by atoms with Gasteiger partial charge in [0.2, 0.25) is 5.88 Å². The molecule has 0 aliphatic carbocycles. The molecule has 0 radical (unpaired) electrons. The number of benzene rings is 1. The third-order valence-corrected chi connectivity index (χ3v) is 3.63. The molecule has 0 saturated carbocycles. The Morgan fingerprint density at radius 2 is 1.93 bits per heavy atom. The highest BCUT2D eigenvalue weighted by atomic mass is 19.4. The van der Waals surface area contributed by atoms with Crippen LogP contribution in [-0.2, 0) is 19.8 Å². The molecule has 27 heavy (non-hydrogen) atoms. The zero-order chi connectivity index (χ0) is 19.6. The lowest BCUT2D eigenvalue weighted by Gasteiger charge is -2.11. The van der Waals surface area contributed by atoms with Gasteiger partial charge in [0.15, 0.2) is 11.5 Å². The van der Waals surface area contributed by atoms with E-state index in [1.54, 1.807) is 6.07 Å². The van der Waals surface area contributed by atoms with E-state index in [-0.39, 0.29) is 29.6 Å². The molecular formula is C17H13F3N6O. The van der Waals surface area contributed by atoms with E-state index in [2.05, 4.69) is 15.1 Å². The van der Waals surface area contributed by atoms with Crippen LogP contribution >= 0.6 is 0 Å². The predicted octanol–water partition coefficient (Wildman–Crippen LogP) is 3.02. The second-order valence-corrected chi connectivity index (χ2v) is 5.53. The lowest BCUT2D eigenvalue weighted by atomic mass is 10.1. The van der Waals surface area contributed by atoms with E-state index in [4.69, 9.17) is 15.7 Å². The van der Waals surface area contributed by atoms with E-state index in [0.29, 0.717) is 5.56 Å². The van der Waals surface area contributed by atoms with Crippen molar-refractivity contribution in [3.8, 4) is 29.1 Å². The van der Waals surface area contributed by atoms with Gasteiger partial charge in [0.1, 0.15) is 5.75 Å². The standard InChI is InChI=1S/C17H13F3N6O/c1-26-15(5-14(25-26)17(18,19)20)27-13-4-10(6-21)2-3-12(13)16-23-8-11(7-22)9-24-16/h2-5,8-9H,7,22H2,1H3. The van der Waals surface area contributed by atoms with Crippen LogP contribution in [0.4, 0.5) is 13.2 Å². The SMILES string of the molecule is Cn1nc(C(F)(F)F)cc1Oc1cc(C#N)ccc1-c1ncc(CN)cn1. The number of nitrogens with zero attached hydrogens (tertiary/aromatic N) is 5. The summed E-state index contributed by atoms with van der Waals surface area (Å²) in [7, 11) is 1.32. The van der Waals surface area contributed by atoms with Gasteiger partial charge in [0, 0.05) is 37.6 Å². The van der Waals surface area contributed by atoms with E-state index in [1.165, 1.54) is 31.6 Å². The Morgan fingerprint density at radius 1 is 1.22 bits per heavy atom. The summed E-state index contributed by atoms with van der Waals surface area (Å²) in [6.07, 6.45) is -1.52. The van der Waals surface area contributed by atoms with E-state index in [9.17, 15) is 13.2 Å². The molecule has 138 valence electrons. The monoisotopic (exact) mass is 374 g/mol. The first kappa shape index (κ1) is 18.3. The number of alkyl halides is 3. The van der Waals surface area contributed by atoms with Gasteiger partial charge in [-0.15, -0.1) is 0 Å². The smallest absolute Gasteiger partial charge is 0.435 e. The summed E-state index contributed by atoms with van der Waals surface area (Å²) in [5.74, 6) is 0.272. The van der Waals surface area contributed by atoms with Gasteiger partial charge in [-0.1, -0.05) is 0 Å². The first-order valence-corrected chi connectivity index (χ1v) is 7.66. The number of nitriles is 1. The maximum Gasteiger partial charge on any atom is 0.435 e. The van der Waals surface area contributed by atoms with Crippen molar-refractivity contribution in [2.75, 3.05) is 0 Å². The van der Waals surface area contributed by atoms with Crippen LogP contribution in [0.15, 0.2) is 36.7 Å². The Hall–Kier alpha value is -3.45. The second-order valence-electron chi connectivity index (χ2n) is 5.53. The van der Waals surface area contributed by atoms with Crippen LogP contribution in [0.2, 0.25) is 0 Å². The van der Waals surface area contributed by atoms with Crippen LogP contribution in [0.1, 0.15) is 16.8 Å². The number of aryl methyl sites for hydroxylation is 1. The number of aromatic nitrogens is 4. The fourth-order valence-electron chi connectivity index (χ4n) is 2.26. The highest BCUT2D eigenvalue weighted by Gasteiger charge is 2.35. The Labute approximate surface area is 151 Å². The fraction of sp³-hybridized carbons (Fsp3) is 0.176. The number of rotatable bonds is 4. The Bertz CT molecular complexity index is 1000. The molecule has 0 bridgehead atoms. The summed E-state index contributed by atoms with van der Waals surface area (Å²) in [6.45, 7) is 0.270. The van der Waals surface area contributed by atoms with Crippen LogP contribution in [0.5, 0.6) is 11.6 Å². The molecule has 0 saturated heterocycles. The minimum atomic E-state index is -4.60. The van der Waals surface area contributed by atoms with Gasteiger partial charge in [0.25, 0.3) is 0 Å². The van der Waals surface area contributed by atoms with Crippen LogP contribution in [0.3, 0.4) is 0 Å². The number of ether oxygens (including phenoxy) is 1. The lowest BCUT2D eigenvalue weighted by Crippen LogP contribution is -2.06. The quantitative estimate of drug-likeness (QED) is 0.753. The molecule has 1 aromatic carbocycles. The van der Waals surface area contributed by atoms with Crippen LogP contribution < -0.4 is 10.5 Å². The third-order valence-electron chi connectivity index (χ3n) is 3.63. The minimum Gasteiger partial charge on any atom is -0.438 e. The van der Waals surface area contributed by atoms with E-state index in [1.807, 2.05) is 6.07 Å². The second kappa shape index (κ2) is 7.05. The Morgan fingerprint density at radius 3 is 2.48 bits per heavy atom. The van der Waals surface area contributed by atoms with Crippen molar-refractivity contribution in [2.24, 2.45) is 12.8 Å². The van der Waals surface area contributed by atoms with Crippen molar-refractivity contribution in [1.29, 1.82) is 5.26 Å². The van der Waals surface area contributed by atoms with Crippen molar-refractivity contribution in [2.45, 2.75) is 12.7 Å². The number of nitrogens with two attached hydrogens (primary N) is 1. The summed E-state index contributed by atoms with van der Waals surface area (Å²) in [5.41, 5.74) is 5.84. The molecular weight excluding hydrogens is 361 g/mol. The summed E-state index contributed by atoms with van der Waals surface area (Å²) in [4.78, 5) is 8.38. The number of halogens is 3. The maximum atomic E-state index is 12.8. The van der Waals surface area contributed by atoms with Gasteiger partial charge in [-0.25, -0.2) is 14.6 Å². The topological polar surface area (TPSA) is 103 Å². The summed E-state index contributed by atoms with van der Waals surface area (Å²) in [5, 5.41) is 12.5. The number of hydrogen-bond acceptors (Lipinski definition) is 6. The van der Waals surface area contributed by atoms with Gasteiger partial charge < -0.3 is 10.5 Å². The lowest BCUT2D eigenvalue weighted by molar-refractivity contribution is -0.141. The van der Waals surface area contributed by atoms with Crippen LogP contribution in [0, 0.1) is 11.3 Å². The first-order valence-electron chi connectivity index (χ1n) is 7.66. The summed E-state index contributed by atoms with van der Waals surface area (Å²) < 4.78 is 45.1. The van der Waals surface area contributed by atoms with Crippen LogP contribution in [0.25, 0.3) is 11.4 Å². The molecule has 0 aliphatic rings. The number of hydrogen-bond donors (Lipinski definition) is 1. The average molecular weight is 374 g/mol. The molecule has 2 N–H and O–H groups in total. The minimum absolute atomic E-state index is 0.131. The Balaban J connectivity index is 2.04. The van der Waals surface area contributed by atoms with Gasteiger partial charge in [-0.2, -0.15) is 23.5 Å². The molecule has 0 amide bonds. The molecule has 0 fully saturated rings. The van der Waals surface area contributed by atoms with Crippen molar-refractivity contribution >= 4 is 0 Å². The van der Waals surface area contributed by atoms with E-state index < -0.39 is 11.9 Å². The molecule has 10 heteroatoms. The molecule has 0 atom stereocenters. The van der Waals surface area contributed by atoms with Crippen molar-refractivity contribution < 1.29 is 17.9 Å². The fourth-order valence-corrected chi connectivity index (χ4v) is 2.26. The molecule has 0 unspecified atom stereocenters. The van der Waals surface area contributed by atoms with Gasteiger partial charge in [-0.3, -0.25) is 0 Å². The van der Waals surface area contributed by atoms with E-state index >= 15 is 0 Å². The van der Waals surface area contributed by atoms with E-state index in [0.717, 1.165) is 16.3 Å². The molecule has 0 aliphatic heterocycles. The normalized spacial score (nSPS) is 11.3. The third kappa shape index (κ3) is 3.88. The van der Waals surface area contributed by atoms with Gasteiger partial charge in [0.05, 0.1) is 17.2 Å². The zero-order valence-corrected chi connectivity index (χ0v) is 14.0. The predicted molar refractivity (Wildman–Crippen MR) is 88.4 cm³/mol. The largest absolute Gasteiger partial charge is 0.438 e. The molecule has 0 spiro atoms. The maximum absolute atomic E-state index is 12.8. The average Bonchev–Trinajstić information content (AvgIpc) is 3.03.